The summed E-state index contributed by atoms with van der Waals surface area (Å²) in [7, 11) is 0. The van der Waals surface area contributed by atoms with Crippen molar-refractivity contribution < 1.29 is 4.79 Å². The zero-order valence-corrected chi connectivity index (χ0v) is 11.8. The predicted molar refractivity (Wildman–Crippen MR) is 77.6 cm³/mol. The highest BCUT2D eigenvalue weighted by molar-refractivity contribution is 9.10. The van der Waals surface area contributed by atoms with Gasteiger partial charge < -0.3 is 11.5 Å². The Labute approximate surface area is 118 Å². The number of nitrogens with two attached hydrogens (primary N) is 2. The Morgan fingerprint density at radius 1 is 1.11 bits per heavy atom. The van der Waals surface area contributed by atoms with E-state index in [1.54, 1.807) is 18.2 Å². The lowest BCUT2D eigenvalue weighted by Gasteiger charge is -2.07. The number of benzene rings is 2. The molecule has 18 heavy (non-hydrogen) atoms. The van der Waals surface area contributed by atoms with Crippen molar-refractivity contribution in [3.8, 4) is 0 Å². The Bertz CT molecular complexity index is 584. The second-order valence-corrected chi connectivity index (χ2v) is 5.71. The van der Waals surface area contributed by atoms with Crippen molar-refractivity contribution >= 4 is 39.3 Å². The molecule has 0 bridgehead atoms. The van der Waals surface area contributed by atoms with Gasteiger partial charge in [-0.15, -0.1) is 0 Å². The Morgan fingerprint density at radius 2 is 1.78 bits per heavy atom. The van der Waals surface area contributed by atoms with Crippen molar-refractivity contribution in [2.45, 2.75) is 9.79 Å². The Balaban J connectivity index is 2.35. The van der Waals surface area contributed by atoms with Gasteiger partial charge in [-0.1, -0.05) is 27.7 Å². The number of nitrogen functional groups attached to an aromatic ring is 1. The molecule has 92 valence electrons. The van der Waals surface area contributed by atoms with E-state index in [-0.39, 0.29) is 0 Å². The third kappa shape index (κ3) is 3.05. The fourth-order valence-electron chi connectivity index (χ4n) is 1.46. The first kappa shape index (κ1) is 13.0. The molecule has 2 rings (SSSR count). The maximum absolute atomic E-state index is 11.3. The minimum absolute atomic E-state index is 0.449. The fourth-order valence-corrected chi connectivity index (χ4v) is 2.72. The number of carbonyl (C=O) groups is 1. The third-order valence-electron chi connectivity index (χ3n) is 2.31. The smallest absolute Gasteiger partial charge is 0.249 e. The zero-order valence-electron chi connectivity index (χ0n) is 9.39. The van der Waals surface area contributed by atoms with Crippen molar-refractivity contribution in [2.24, 2.45) is 5.73 Å². The molecule has 4 N–H and O–H groups in total. The summed E-state index contributed by atoms with van der Waals surface area (Å²) >= 11 is 4.84. The quantitative estimate of drug-likeness (QED) is 0.852. The molecule has 0 aromatic heterocycles. The van der Waals surface area contributed by atoms with Crippen LogP contribution in [0.3, 0.4) is 0 Å². The highest BCUT2D eigenvalue weighted by Gasteiger charge is 2.09. The summed E-state index contributed by atoms with van der Waals surface area (Å²) in [5, 5.41) is 0. The van der Waals surface area contributed by atoms with Gasteiger partial charge in [-0.3, -0.25) is 4.79 Å². The van der Waals surface area contributed by atoms with Gasteiger partial charge in [0.1, 0.15) is 0 Å². The van der Waals surface area contributed by atoms with Crippen LogP contribution in [0.2, 0.25) is 0 Å². The van der Waals surface area contributed by atoms with Gasteiger partial charge in [-0.05, 0) is 42.5 Å². The first-order chi connectivity index (χ1) is 8.56. The third-order valence-corrected chi connectivity index (χ3v) is 3.91. The number of amides is 1. The second kappa shape index (κ2) is 5.46. The van der Waals surface area contributed by atoms with Gasteiger partial charge in [0.2, 0.25) is 5.91 Å². The van der Waals surface area contributed by atoms with Crippen LogP contribution in [-0.4, -0.2) is 5.91 Å². The van der Waals surface area contributed by atoms with E-state index in [1.165, 1.54) is 11.8 Å². The molecule has 5 heteroatoms. The molecule has 0 heterocycles. The van der Waals surface area contributed by atoms with Crippen molar-refractivity contribution in [3.05, 3.63) is 52.5 Å². The molecule has 0 saturated carbocycles. The maximum atomic E-state index is 11.3. The van der Waals surface area contributed by atoms with Crippen molar-refractivity contribution in [2.75, 3.05) is 5.73 Å². The van der Waals surface area contributed by atoms with Gasteiger partial charge in [0.25, 0.3) is 0 Å². The fraction of sp³-hybridized carbons (Fsp3) is 0. The largest absolute Gasteiger partial charge is 0.399 e. The van der Waals surface area contributed by atoms with Gasteiger partial charge in [0, 0.05) is 20.0 Å². The van der Waals surface area contributed by atoms with Crippen LogP contribution in [0, 0.1) is 0 Å². The van der Waals surface area contributed by atoms with Crippen LogP contribution < -0.4 is 11.5 Å². The van der Waals surface area contributed by atoms with Gasteiger partial charge in [0.05, 0.1) is 5.56 Å². The van der Waals surface area contributed by atoms with Crippen LogP contribution in [0.15, 0.2) is 56.7 Å². The molecule has 0 atom stereocenters. The predicted octanol–water partition coefficient (Wildman–Crippen LogP) is 3.28. The molecule has 0 spiro atoms. The first-order valence-electron chi connectivity index (χ1n) is 5.19. The summed E-state index contributed by atoms with van der Waals surface area (Å²) in [5.74, 6) is -0.449. The van der Waals surface area contributed by atoms with E-state index in [4.69, 9.17) is 11.5 Å². The summed E-state index contributed by atoms with van der Waals surface area (Å²) in [4.78, 5) is 13.1. The van der Waals surface area contributed by atoms with Gasteiger partial charge in [-0.2, -0.15) is 0 Å². The van der Waals surface area contributed by atoms with E-state index in [1.807, 2.05) is 24.3 Å². The topological polar surface area (TPSA) is 69.1 Å². The van der Waals surface area contributed by atoms with Crippen molar-refractivity contribution in [1.29, 1.82) is 0 Å². The van der Waals surface area contributed by atoms with Crippen LogP contribution in [-0.2, 0) is 0 Å². The molecular weight excluding hydrogens is 312 g/mol. The number of hydrogen-bond donors (Lipinski definition) is 2. The van der Waals surface area contributed by atoms with Gasteiger partial charge in [0.15, 0.2) is 0 Å². The molecule has 0 radical (unpaired) electrons. The van der Waals surface area contributed by atoms with Crippen molar-refractivity contribution in [1.82, 2.24) is 0 Å². The number of anilines is 1. The van der Waals surface area contributed by atoms with E-state index >= 15 is 0 Å². The number of primary amides is 1. The molecule has 0 aliphatic carbocycles. The molecule has 3 nitrogen and oxygen atoms in total. The minimum atomic E-state index is -0.449. The molecule has 0 unspecified atom stereocenters. The molecule has 0 aliphatic heterocycles. The summed E-state index contributed by atoms with van der Waals surface area (Å²) in [6.07, 6.45) is 0. The lowest BCUT2D eigenvalue weighted by Crippen LogP contribution is -2.12. The Morgan fingerprint density at radius 3 is 2.39 bits per heavy atom. The molecule has 2 aromatic rings. The van der Waals surface area contributed by atoms with Crippen molar-refractivity contribution in [3.63, 3.8) is 0 Å². The molecular formula is C13H11BrN2OS. The van der Waals surface area contributed by atoms with Crippen LogP contribution in [0.5, 0.6) is 0 Å². The lowest BCUT2D eigenvalue weighted by atomic mass is 10.2. The average molecular weight is 323 g/mol. The minimum Gasteiger partial charge on any atom is -0.399 e. The molecule has 0 saturated heterocycles. The van der Waals surface area contributed by atoms with Crippen LogP contribution in [0.4, 0.5) is 5.69 Å². The number of carbonyl (C=O) groups excluding carboxylic acids is 1. The monoisotopic (exact) mass is 322 g/mol. The summed E-state index contributed by atoms with van der Waals surface area (Å²) in [6, 6.07) is 12.9. The Kier molecular flexibility index (Phi) is 3.93. The zero-order chi connectivity index (χ0) is 13.1. The average Bonchev–Trinajstić information content (AvgIpc) is 2.32. The lowest BCUT2D eigenvalue weighted by molar-refractivity contribution is 0.0997. The second-order valence-electron chi connectivity index (χ2n) is 3.68. The molecule has 1 amide bonds. The molecule has 0 fully saturated rings. The summed E-state index contributed by atoms with van der Waals surface area (Å²) < 4.78 is 1.01. The first-order valence-corrected chi connectivity index (χ1v) is 6.80. The van der Waals surface area contributed by atoms with Crippen LogP contribution in [0.25, 0.3) is 0 Å². The van der Waals surface area contributed by atoms with Crippen LogP contribution >= 0.6 is 27.7 Å². The standard InChI is InChI=1S/C13H11BrN2OS/c14-8-1-4-10(5-2-8)18-12-7-9(15)3-6-11(12)13(16)17/h1-7H,15H2,(H2,16,17). The summed E-state index contributed by atoms with van der Waals surface area (Å²) in [5.41, 5.74) is 12.2. The number of rotatable bonds is 3. The maximum Gasteiger partial charge on any atom is 0.249 e. The highest BCUT2D eigenvalue weighted by Crippen LogP contribution is 2.32. The number of hydrogen-bond acceptors (Lipinski definition) is 3. The normalized spacial score (nSPS) is 10.3. The molecule has 2 aromatic carbocycles. The van der Waals surface area contributed by atoms with E-state index < -0.39 is 5.91 Å². The van der Waals surface area contributed by atoms with Gasteiger partial charge in [-0.25, -0.2) is 0 Å². The van der Waals surface area contributed by atoms with Gasteiger partial charge >= 0.3 is 0 Å². The summed E-state index contributed by atoms with van der Waals surface area (Å²) in [6.45, 7) is 0. The van der Waals surface area contributed by atoms with Crippen LogP contribution in [0.1, 0.15) is 10.4 Å². The van der Waals surface area contributed by atoms with E-state index in [2.05, 4.69) is 15.9 Å². The van der Waals surface area contributed by atoms with E-state index in [0.29, 0.717) is 11.3 Å². The number of halogens is 1. The SMILES string of the molecule is NC(=O)c1ccc(N)cc1Sc1ccc(Br)cc1. The van der Waals surface area contributed by atoms with E-state index in [9.17, 15) is 4.79 Å². The van der Waals surface area contributed by atoms with E-state index in [0.717, 1.165) is 14.3 Å². The highest BCUT2D eigenvalue weighted by atomic mass is 79.9. The molecule has 0 aliphatic rings. The Hall–Kier alpha value is -1.46.